The van der Waals surface area contributed by atoms with Crippen molar-refractivity contribution in [3.05, 3.63) is 77.9 Å². The third-order valence-electron chi connectivity index (χ3n) is 6.43. The van der Waals surface area contributed by atoms with E-state index in [1.165, 1.54) is 11.1 Å². The molecular weight excluding hydrogens is 422 g/mol. The first-order valence-corrected chi connectivity index (χ1v) is 15.3. The second-order valence-electron chi connectivity index (χ2n) is 10.1. The molecule has 32 heavy (non-hydrogen) atoms. The van der Waals surface area contributed by atoms with Crippen molar-refractivity contribution in [2.24, 2.45) is 0 Å². The van der Waals surface area contributed by atoms with Crippen LogP contribution in [0.25, 0.3) is 5.57 Å². The summed E-state index contributed by atoms with van der Waals surface area (Å²) in [5.74, 6) is 0.487. The van der Waals surface area contributed by atoms with Crippen molar-refractivity contribution in [1.29, 1.82) is 0 Å². The van der Waals surface area contributed by atoms with Crippen LogP contribution in [0, 0.1) is 0 Å². The summed E-state index contributed by atoms with van der Waals surface area (Å²) in [7, 11) is -0.330. The van der Waals surface area contributed by atoms with E-state index in [0.717, 1.165) is 6.42 Å². The second kappa shape index (κ2) is 11.3. The zero-order valence-corrected chi connectivity index (χ0v) is 23.1. The standard InChI is InChI=1S/C30H42P2/c1-21(2)31(22(3)4)29-15-11-9-13-27(29)25-17-19-26(20-18-25)28-14-10-12-16-30(28)32(23(5)6)24(7)8/h9-19,21-24,26H,20H2,1-8H3/t26-/m0/s1. The van der Waals surface area contributed by atoms with Crippen molar-refractivity contribution in [3.8, 4) is 0 Å². The molecule has 1 aliphatic rings. The lowest BCUT2D eigenvalue weighted by molar-refractivity contribution is 0.861. The topological polar surface area (TPSA) is 0 Å². The van der Waals surface area contributed by atoms with Gasteiger partial charge in [-0.3, -0.25) is 0 Å². The van der Waals surface area contributed by atoms with Gasteiger partial charge in [0, 0.05) is 5.92 Å². The van der Waals surface area contributed by atoms with Gasteiger partial charge in [-0.25, -0.2) is 0 Å². The average molecular weight is 465 g/mol. The SMILES string of the molecule is CC(C)P(c1ccccc1C1=CC[C@@H](c2ccccc2P(C(C)C)C(C)C)C=C1)C(C)C. The molecule has 172 valence electrons. The Labute approximate surface area is 200 Å². The molecule has 0 fully saturated rings. The van der Waals surface area contributed by atoms with Gasteiger partial charge in [0.05, 0.1) is 0 Å². The van der Waals surface area contributed by atoms with Gasteiger partial charge in [0.25, 0.3) is 0 Å². The summed E-state index contributed by atoms with van der Waals surface area (Å²) >= 11 is 0. The quantitative estimate of drug-likeness (QED) is 0.343. The molecule has 0 unspecified atom stereocenters. The van der Waals surface area contributed by atoms with Crippen molar-refractivity contribution in [2.75, 3.05) is 0 Å². The van der Waals surface area contributed by atoms with E-state index in [9.17, 15) is 0 Å². The second-order valence-corrected chi connectivity index (χ2v) is 16.9. The Morgan fingerprint density at radius 2 is 1.16 bits per heavy atom. The van der Waals surface area contributed by atoms with E-state index in [2.05, 4.69) is 122 Å². The molecule has 0 amide bonds. The maximum atomic E-state index is 2.50. The van der Waals surface area contributed by atoms with E-state index in [1.54, 1.807) is 16.2 Å². The molecule has 3 rings (SSSR count). The van der Waals surface area contributed by atoms with Crippen molar-refractivity contribution in [3.63, 3.8) is 0 Å². The molecule has 2 aromatic carbocycles. The first-order valence-electron chi connectivity index (χ1n) is 12.4. The molecule has 0 bridgehead atoms. The Kier molecular flexibility index (Phi) is 8.95. The van der Waals surface area contributed by atoms with Gasteiger partial charge in [0.1, 0.15) is 0 Å². The van der Waals surface area contributed by atoms with Gasteiger partial charge >= 0.3 is 0 Å². The van der Waals surface area contributed by atoms with Gasteiger partial charge in [-0.2, -0.15) is 0 Å². The fourth-order valence-electron chi connectivity index (χ4n) is 5.34. The maximum Gasteiger partial charge on any atom is 0.00624 e. The summed E-state index contributed by atoms with van der Waals surface area (Å²) in [5.41, 5.74) is 7.24. The van der Waals surface area contributed by atoms with Crippen LogP contribution in [-0.4, -0.2) is 22.6 Å². The van der Waals surface area contributed by atoms with Gasteiger partial charge in [-0.05, 0) is 56.4 Å². The molecule has 1 atom stereocenters. The first kappa shape index (κ1) is 25.4. The van der Waals surface area contributed by atoms with Gasteiger partial charge in [-0.15, -0.1) is 0 Å². The van der Waals surface area contributed by atoms with Crippen LogP contribution in [-0.2, 0) is 0 Å². The van der Waals surface area contributed by atoms with Crippen molar-refractivity contribution in [2.45, 2.75) is 90.4 Å². The zero-order valence-electron chi connectivity index (χ0n) is 21.3. The van der Waals surface area contributed by atoms with E-state index in [0.29, 0.717) is 28.6 Å². The highest BCUT2D eigenvalue weighted by Gasteiger charge is 2.26. The molecule has 0 N–H and O–H groups in total. The highest BCUT2D eigenvalue weighted by atomic mass is 31.1. The minimum atomic E-state index is -0.175. The van der Waals surface area contributed by atoms with E-state index < -0.39 is 0 Å². The van der Waals surface area contributed by atoms with Gasteiger partial charge < -0.3 is 0 Å². The Balaban J connectivity index is 1.92. The van der Waals surface area contributed by atoms with Crippen LogP contribution in [0.2, 0.25) is 0 Å². The summed E-state index contributed by atoms with van der Waals surface area (Å²) in [6.45, 7) is 19.2. The molecule has 0 aliphatic heterocycles. The molecule has 0 radical (unpaired) electrons. The van der Waals surface area contributed by atoms with Crippen molar-refractivity contribution in [1.82, 2.24) is 0 Å². The van der Waals surface area contributed by atoms with E-state index in [1.807, 2.05) is 0 Å². The molecular formula is C30H42P2. The van der Waals surface area contributed by atoms with E-state index >= 15 is 0 Å². The number of allylic oxidation sites excluding steroid dienone is 4. The largest absolute Gasteiger partial charge is 0.0761 e. The minimum absolute atomic E-state index is 0.155. The van der Waals surface area contributed by atoms with E-state index in [-0.39, 0.29) is 15.8 Å². The fourth-order valence-corrected chi connectivity index (χ4v) is 11.5. The monoisotopic (exact) mass is 464 g/mol. The smallest absolute Gasteiger partial charge is 0.00624 e. The summed E-state index contributed by atoms with van der Waals surface area (Å²) in [6.07, 6.45) is 8.48. The molecule has 2 aromatic rings. The number of hydrogen-bond acceptors (Lipinski definition) is 0. The number of hydrogen-bond donors (Lipinski definition) is 0. The van der Waals surface area contributed by atoms with Crippen LogP contribution >= 0.6 is 15.8 Å². The summed E-state index contributed by atoms with van der Waals surface area (Å²) in [5, 5.41) is 3.19. The van der Waals surface area contributed by atoms with Crippen LogP contribution in [0.4, 0.5) is 0 Å². The molecule has 0 saturated carbocycles. The van der Waals surface area contributed by atoms with Crippen LogP contribution in [0.3, 0.4) is 0 Å². The van der Waals surface area contributed by atoms with Crippen molar-refractivity contribution >= 4 is 32.0 Å². The third-order valence-corrected chi connectivity index (χ3v) is 12.8. The molecule has 0 nitrogen and oxygen atoms in total. The predicted molar refractivity (Wildman–Crippen MR) is 151 cm³/mol. The summed E-state index contributed by atoms with van der Waals surface area (Å²) in [4.78, 5) is 0. The molecule has 0 spiro atoms. The average Bonchev–Trinajstić information content (AvgIpc) is 2.74. The van der Waals surface area contributed by atoms with Crippen LogP contribution in [0.15, 0.2) is 66.8 Å². The van der Waals surface area contributed by atoms with Crippen LogP contribution < -0.4 is 10.6 Å². The molecule has 0 aromatic heterocycles. The van der Waals surface area contributed by atoms with Gasteiger partial charge in [-0.1, -0.05) is 138 Å². The van der Waals surface area contributed by atoms with Crippen molar-refractivity contribution < 1.29 is 0 Å². The number of rotatable bonds is 8. The lowest BCUT2D eigenvalue weighted by Crippen LogP contribution is -2.21. The maximum absolute atomic E-state index is 2.50. The molecule has 1 aliphatic carbocycles. The Morgan fingerprint density at radius 1 is 0.656 bits per heavy atom. The lowest BCUT2D eigenvalue weighted by Gasteiger charge is -2.31. The number of benzene rings is 2. The zero-order chi connectivity index (χ0) is 23.4. The summed E-state index contributed by atoms with van der Waals surface area (Å²) < 4.78 is 0. The Hall–Kier alpha value is -1.22. The van der Waals surface area contributed by atoms with Crippen LogP contribution in [0.5, 0.6) is 0 Å². The van der Waals surface area contributed by atoms with Gasteiger partial charge in [0.2, 0.25) is 0 Å². The highest BCUT2D eigenvalue weighted by Crippen LogP contribution is 2.48. The van der Waals surface area contributed by atoms with Gasteiger partial charge in [0.15, 0.2) is 0 Å². The normalized spacial score (nSPS) is 16.8. The lowest BCUT2D eigenvalue weighted by atomic mass is 9.88. The minimum Gasteiger partial charge on any atom is -0.0761 e. The molecule has 0 saturated heterocycles. The molecule has 0 heterocycles. The Bertz CT molecular complexity index is 933. The summed E-state index contributed by atoms with van der Waals surface area (Å²) in [6, 6.07) is 18.4. The molecule has 2 heteroatoms. The first-order chi connectivity index (χ1) is 15.2. The van der Waals surface area contributed by atoms with Crippen LogP contribution in [0.1, 0.15) is 78.9 Å². The van der Waals surface area contributed by atoms with E-state index in [4.69, 9.17) is 0 Å². The predicted octanol–water partition coefficient (Wildman–Crippen LogP) is 8.66. The fraction of sp³-hybridized carbons (Fsp3) is 0.467. The highest BCUT2D eigenvalue weighted by molar-refractivity contribution is 7.67. The Morgan fingerprint density at radius 3 is 1.69 bits per heavy atom. The third kappa shape index (κ3) is 5.64.